The van der Waals surface area contributed by atoms with Crippen LogP contribution in [0, 0.1) is 22.5 Å². The highest BCUT2D eigenvalue weighted by Gasteiger charge is 2.30. The summed E-state index contributed by atoms with van der Waals surface area (Å²) in [5, 5.41) is 16.2. The number of carbonyl (C=O) groups excluding carboxylic acids is 1. The molecule has 7 rings (SSSR count). The number of sulfonamides is 1. The summed E-state index contributed by atoms with van der Waals surface area (Å²) in [6.07, 6.45) is 6.93. The molecule has 0 unspecified atom stereocenters. The third-order valence-corrected chi connectivity index (χ3v) is 12.1. The number of nitro benzene ring substituents is 1. The number of nitrogens with zero attached hydrogens (tertiary/aromatic N) is 4. The third kappa shape index (κ3) is 9.25. The smallest absolute Gasteiger partial charge is 0.293 e. The van der Waals surface area contributed by atoms with E-state index >= 15 is 0 Å². The number of aromatic nitrogens is 2. The van der Waals surface area contributed by atoms with Crippen molar-refractivity contribution in [3.8, 4) is 11.5 Å². The number of fused-ring (bicyclic) bond motifs is 1. The summed E-state index contributed by atoms with van der Waals surface area (Å²) in [5.41, 5.74) is 5.46. The number of nitrogens with one attached hydrogen (secondary N) is 3. The first kappa shape index (κ1) is 39.8. The van der Waals surface area contributed by atoms with Gasteiger partial charge in [0.15, 0.2) is 0 Å². The fraction of sp³-hybridized carbons (Fsp3) is 0.310. The van der Waals surface area contributed by atoms with E-state index < -0.39 is 31.4 Å². The molecule has 5 aromatic rings. The van der Waals surface area contributed by atoms with Gasteiger partial charge in [0, 0.05) is 73.7 Å². The number of rotatable bonds is 13. The molecule has 3 heterocycles. The summed E-state index contributed by atoms with van der Waals surface area (Å²) in [5.74, 6) is -0.484. The Morgan fingerprint density at radius 3 is 2.56 bits per heavy atom. The topological polar surface area (TPSA) is 163 Å². The molecule has 1 aliphatic carbocycles. The predicted octanol–water partition coefficient (Wildman–Crippen LogP) is 8.46. The molecule has 0 atom stereocenters. The van der Waals surface area contributed by atoms with E-state index in [4.69, 9.17) is 16.3 Å². The number of carbonyl (C=O) groups is 1. The van der Waals surface area contributed by atoms with Gasteiger partial charge >= 0.3 is 0 Å². The number of piperazine rings is 1. The van der Waals surface area contributed by atoms with Gasteiger partial charge in [0.05, 0.1) is 21.6 Å². The molecule has 0 bridgehead atoms. The van der Waals surface area contributed by atoms with Gasteiger partial charge in [-0.1, -0.05) is 50.1 Å². The van der Waals surface area contributed by atoms with Crippen molar-refractivity contribution in [2.75, 3.05) is 49.5 Å². The zero-order valence-corrected chi connectivity index (χ0v) is 33.5. The second kappa shape index (κ2) is 16.6. The van der Waals surface area contributed by atoms with Crippen LogP contribution in [0.25, 0.3) is 16.6 Å². The highest BCUT2D eigenvalue weighted by molar-refractivity contribution is 7.90. The summed E-state index contributed by atoms with van der Waals surface area (Å²) in [7, 11) is -4.53. The molecule has 1 saturated heterocycles. The average Bonchev–Trinajstić information content (AvgIpc) is 3.66. The van der Waals surface area contributed by atoms with Crippen LogP contribution in [-0.4, -0.2) is 73.4 Å². The van der Waals surface area contributed by atoms with Crippen LogP contribution in [-0.2, 0) is 10.0 Å². The number of aromatic amines is 1. The second-order valence-corrected chi connectivity index (χ2v) is 17.3. The van der Waals surface area contributed by atoms with E-state index in [0.717, 1.165) is 74.1 Å². The van der Waals surface area contributed by atoms with Gasteiger partial charge in [-0.2, -0.15) is 0 Å². The van der Waals surface area contributed by atoms with E-state index in [-0.39, 0.29) is 22.4 Å². The Bertz CT molecular complexity index is 2440. The number of hydrogen-bond donors (Lipinski definition) is 3. The van der Waals surface area contributed by atoms with Crippen molar-refractivity contribution in [3.05, 3.63) is 124 Å². The normalized spacial score (nSPS) is 16.1. The maximum absolute atomic E-state index is 13.8. The van der Waals surface area contributed by atoms with Gasteiger partial charge in [-0.25, -0.2) is 18.1 Å². The van der Waals surface area contributed by atoms with Crippen LogP contribution < -0.4 is 19.7 Å². The Balaban J connectivity index is 1.11. The van der Waals surface area contributed by atoms with Crippen molar-refractivity contribution >= 4 is 61.2 Å². The van der Waals surface area contributed by atoms with E-state index in [0.29, 0.717) is 24.4 Å². The van der Waals surface area contributed by atoms with E-state index in [2.05, 4.69) is 62.7 Å². The summed E-state index contributed by atoms with van der Waals surface area (Å²) >= 11 is 6.23. The van der Waals surface area contributed by atoms with E-state index in [1.165, 1.54) is 41.1 Å². The van der Waals surface area contributed by atoms with Crippen molar-refractivity contribution in [2.24, 2.45) is 5.41 Å². The monoisotopic (exact) mass is 810 g/mol. The number of benzene rings is 3. The van der Waals surface area contributed by atoms with E-state index in [1.54, 1.807) is 24.4 Å². The molecule has 0 saturated carbocycles. The molecule has 15 heteroatoms. The molecule has 1 fully saturated rings. The maximum atomic E-state index is 13.8. The number of pyridine rings is 1. The largest absolute Gasteiger partial charge is 0.455 e. The summed E-state index contributed by atoms with van der Waals surface area (Å²) in [6, 6.07) is 20.2. The van der Waals surface area contributed by atoms with Crippen molar-refractivity contribution in [1.82, 2.24) is 19.6 Å². The molecule has 297 valence electrons. The molecular formula is C42H45ClN7O6S. The zero-order valence-electron chi connectivity index (χ0n) is 31.9. The van der Waals surface area contributed by atoms with Gasteiger partial charge < -0.3 is 19.9 Å². The average molecular weight is 811 g/mol. The number of anilines is 2. The highest BCUT2D eigenvalue weighted by atomic mass is 35.5. The first-order valence-corrected chi connectivity index (χ1v) is 20.7. The van der Waals surface area contributed by atoms with Crippen molar-refractivity contribution < 1.29 is 22.9 Å². The minimum atomic E-state index is -4.53. The molecule has 57 heavy (non-hydrogen) atoms. The summed E-state index contributed by atoms with van der Waals surface area (Å²) < 4.78 is 35.3. The molecule has 1 aliphatic heterocycles. The fourth-order valence-electron chi connectivity index (χ4n) is 7.42. The Morgan fingerprint density at radius 1 is 1.05 bits per heavy atom. The number of allylic oxidation sites excluding steroid dienone is 1. The van der Waals surface area contributed by atoms with E-state index in [9.17, 15) is 23.3 Å². The minimum absolute atomic E-state index is 0.0414. The quantitative estimate of drug-likeness (QED) is 0.0777. The highest BCUT2D eigenvalue weighted by Crippen LogP contribution is 2.43. The van der Waals surface area contributed by atoms with Gasteiger partial charge in [0.1, 0.15) is 22.8 Å². The number of H-pyrrole nitrogens is 1. The predicted molar refractivity (Wildman–Crippen MR) is 223 cm³/mol. The Labute approximate surface area is 337 Å². The lowest BCUT2D eigenvalue weighted by Gasteiger charge is -2.39. The molecule has 3 N–H and O–H groups in total. The molecule has 1 radical (unpaired) electrons. The standard InChI is InChI=1S/C42H45ClN7O6S/c1-4-16-44-37-12-10-34(24-38(37)50(52)53)57(54,55)47-41(51)35-11-9-32(23-39(35)56-33-22-29-14-17-45-40(29)46-26-33)49-20-18-48(19-21-49)27-30-13-15-42(2,3)25-36(30)28-5-7-31(43)8-6-28/h5-12,14,17,22-24,26,44H,1,4,13,15-16,18-21,25,27H2,2-3H3,(H,45,46)(H,47,51). The van der Waals surface area contributed by atoms with Crippen molar-refractivity contribution in [2.45, 2.75) is 44.4 Å². The second-order valence-electron chi connectivity index (χ2n) is 15.2. The maximum Gasteiger partial charge on any atom is 0.293 e. The molecule has 2 aliphatic rings. The van der Waals surface area contributed by atoms with Crippen molar-refractivity contribution in [1.29, 1.82) is 0 Å². The first-order chi connectivity index (χ1) is 27.3. The van der Waals surface area contributed by atoms with Crippen LogP contribution in [0.4, 0.5) is 17.1 Å². The Kier molecular flexibility index (Phi) is 11.6. The number of ether oxygens (including phenoxy) is 1. The summed E-state index contributed by atoms with van der Waals surface area (Å²) in [6.45, 7) is 12.7. The molecule has 3 aromatic carbocycles. The van der Waals surface area contributed by atoms with Gasteiger partial charge in [-0.05, 0) is 90.8 Å². The SMILES string of the molecule is [CH2]CCNc1ccc(S(=O)(=O)NC(=O)c2ccc(N3CCN(CC4=C(c5ccc(Cl)cc5)CC(C)(C)CC4)CC3)cc2Oc2cnc3[nH]ccc3c2)cc1[N+](=O)[O-]. The lowest BCUT2D eigenvalue weighted by molar-refractivity contribution is -0.384. The number of halogens is 1. The van der Waals surface area contributed by atoms with Crippen LogP contribution in [0.3, 0.4) is 0 Å². The van der Waals surface area contributed by atoms with Crippen LogP contribution in [0.2, 0.25) is 5.02 Å². The minimum Gasteiger partial charge on any atom is -0.455 e. The van der Waals surface area contributed by atoms with Crippen molar-refractivity contribution in [3.63, 3.8) is 0 Å². The molecule has 13 nitrogen and oxygen atoms in total. The number of nitro groups is 1. The van der Waals surface area contributed by atoms with Crippen LogP contribution in [0.1, 0.15) is 55.5 Å². The fourth-order valence-corrected chi connectivity index (χ4v) is 8.53. The molecule has 2 aromatic heterocycles. The molecule has 0 spiro atoms. The van der Waals surface area contributed by atoms with E-state index in [1.807, 2.05) is 18.2 Å². The lowest BCUT2D eigenvalue weighted by atomic mass is 9.72. The first-order valence-electron chi connectivity index (χ1n) is 18.9. The van der Waals surface area contributed by atoms with Crippen LogP contribution in [0.15, 0.2) is 95.7 Å². The summed E-state index contributed by atoms with van der Waals surface area (Å²) in [4.78, 5) is 36.6. The zero-order chi connectivity index (χ0) is 40.3. The van der Waals surface area contributed by atoms with Crippen LogP contribution in [0.5, 0.6) is 11.5 Å². The third-order valence-electron chi connectivity index (χ3n) is 10.5. The van der Waals surface area contributed by atoms with Gasteiger partial charge in [-0.3, -0.25) is 19.8 Å². The number of hydrogen-bond acceptors (Lipinski definition) is 10. The number of amides is 1. The van der Waals surface area contributed by atoms with Gasteiger partial charge in [-0.15, -0.1) is 0 Å². The Morgan fingerprint density at radius 2 is 1.82 bits per heavy atom. The Hall–Kier alpha value is -5.44. The van der Waals surface area contributed by atoms with Gasteiger partial charge in [0.25, 0.3) is 21.6 Å². The molecule has 1 amide bonds. The van der Waals surface area contributed by atoms with Crippen LogP contribution >= 0.6 is 11.6 Å². The molecular weight excluding hydrogens is 766 g/mol. The van der Waals surface area contributed by atoms with Gasteiger partial charge in [0.2, 0.25) is 0 Å². The lowest BCUT2D eigenvalue weighted by Crippen LogP contribution is -2.47.